The van der Waals surface area contributed by atoms with Gasteiger partial charge in [0, 0.05) is 0 Å². The van der Waals surface area contributed by atoms with Crippen LogP contribution in [0.3, 0.4) is 0 Å². The molecule has 0 saturated carbocycles. The highest BCUT2D eigenvalue weighted by atomic mass is 35.5. The molecule has 0 aliphatic rings. The maximum absolute atomic E-state index is 14.4. The summed E-state index contributed by atoms with van der Waals surface area (Å²) >= 11 is 5.82. The Hall–Kier alpha value is -2.61. The van der Waals surface area contributed by atoms with Crippen molar-refractivity contribution in [3.05, 3.63) is 28.7 Å². The quantitative estimate of drug-likeness (QED) is 0.853. The largest absolute Gasteiger partial charge is 0.492 e. The molecule has 0 aliphatic heterocycles. The molecule has 23 heavy (non-hydrogen) atoms. The van der Waals surface area contributed by atoms with Crippen LogP contribution in [0.25, 0.3) is 11.4 Å². The predicted octanol–water partition coefficient (Wildman–Crippen LogP) is 2.45. The van der Waals surface area contributed by atoms with E-state index in [4.69, 9.17) is 21.1 Å². The van der Waals surface area contributed by atoms with Gasteiger partial charge in [0.15, 0.2) is 23.1 Å². The summed E-state index contributed by atoms with van der Waals surface area (Å²) < 4.78 is 28.7. The van der Waals surface area contributed by atoms with Crippen molar-refractivity contribution in [3.63, 3.8) is 0 Å². The Balaban J connectivity index is 2.70. The standard InChI is InChI=1S/C14H12ClFN2O5/c1-21-10-7(15)5-4-6(8(10)16)12-17-9(14(20)23-3)11(22-2)13(19)18-12/h4-5H,1-3H3,(H,17,18,19). The van der Waals surface area contributed by atoms with Gasteiger partial charge in [-0.1, -0.05) is 11.6 Å². The molecule has 7 nitrogen and oxygen atoms in total. The fraction of sp³-hybridized carbons (Fsp3) is 0.214. The van der Waals surface area contributed by atoms with Crippen LogP contribution in [-0.2, 0) is 4.74 Å². The third-order valence-corrected chi connectivity index (χ3v) is 3.22. The van der Waals surface area contributed by atoms with Crippen molar-refractivity contribution >= 4 is 17.6 Å². The summed E-state index contributed by atoms with van der Waals surface area (Å²) in [6, 6.07) is 2.67. The summed E-state index contributed by atoms with van der Waals surface area (Å²) in [4.78, 5) is 19.4. The first-order valence-corrected chi connectivity index (χ1v) is 6.58. The average molecular weight is 343 g/mol. The van der Waals surface area contributed by atoms with Crippen LogP contribution < -0.4 is 9.47 Å². The number of nitrogens with zero attached hydrogens (tertiary/aromatic N) is 2. The number of aromatic hydroxyl groups is 1. The Bertz CT molecular complexity index is 769. The Morgan fingerprint density at radius 3 is 2.39 bits per heavy atom. The first-order chi connectivity index (χ1) is 10.9. The van der Waals surface area contributed by atoms with Gasteiger partial charge in [0.05, 0.1) is 31.9 Å². The van der Waals surface area contributed by atoms with Crippen LogP contribution in [0.15, 0.2) is 12.1 Å². The third kappa shape index (κ3) is 2.98. The van der Waals surface area contributed by atoms with E-state index in [1.54, 1.807) is 0 Å². The van der Waals surface area contributed by atoms with Gasteiger partial charge in [0.2, 0.25) is 5.75 Å². The molecule has 1 N–H and O–H groups in total. The fourth-order valence-electron chi connectivity index (χ4n) is 1.87. The van der Waals surface area contributed by atoms with Gasteiger partial charge < -0.3 is 19.3 Å². The molecule has 1 heterocycles. The zero-order valence-electron chi connectivity index (χ0n) is 12.4. The Kier molecular flexibility index (Phi) is 4.85. The highest BCUT2D eigenvalue weighted by Gasteiger charge is 2.24. The summed E-state index contributed by atoms with van der Waals surface area (Å²) in [5.74, 6) is -3.07. The predicted molar refractivity (Wildman–Crippen MR) is 78.5 cm³/mol. The van der Waals surface area contributed by atoms with Crippen molar-refractivity contribution in [1.82, 2.24) is 9.97 Å². The van der Waals surface area contributed by atoms with E-state index in [0.29, 0.717) is 0 Å². The van der Waals surface area contributed by atoms with E-state index in [1.165, 1.54) is 26.4 Å². The molecule has 0 bridgehead atoms. The number of benzene rings is 1. The van der Waals surface area contributed by atoms with E-state index in [-0.39, 0.29) is 33.6 Å². The lowest BCUT2D eigenvalue weighted by molar-refractivity contribution is 0.0588. The summed E-state index contributed by atoms with van der Waals surface area (Å²) in [6.07, 6.45) is 0. The summed E-state index contributed by atoms with van der Waals surface area (Å²) in [5.41, 5.74) is -0.458. The van der Waals surface area contributed by atoms with Crippen LogP contribution in [-0.4, -0.2) is 42.4 Å². The van der Waals surface area contributed by atoms with E-state index in [2.05, 4.69) is 14.7 Å². The van der Waals surface area contributed by atoms with Crippen LogP contribution in [0.5, 0.6) is 17.4 Å². The molecule has 0 radical (unpaired) electrons. The highest BCUT2D eigenvalue weighted by Crippen LogP contribution is 2.36. The normalized spacial score (nSPS) is 10.3. The average Bonchev–Trinajstić information content (AvgIpc) is 2.53. The van der Waals surface area contributed by atoms with E-state index in [9.17, 15) is 14.3 Å². The number of hydrogen-bond acceptors (Lipinski definition) is 7. The molecule has 1 aromatic carbocycles. The van der Waals surface area contributed by atoms with Gasteiger partial charge in [-0.15, -0.1) is 0 Å². The molecule has 0 aliphatic carbocycles. The second kappa shape index (κ2) is 6.66. The number of aromatic nitrogens is 2. The minimum absolute atomic E-state index is 0.0553. The Morgan fingerprint density at radius 1 is 1.17 bits per heavy atom. The van der Waals surface area contributed by atoms with Crippen LogP contribution >= 0.6 is 11.6 Å². The molecule has 0 amide bonds. The first kappa shape index (κ1) is 16.8. The number of carbonyl (C=O) groups is 1. The smallest absolute Gasteiger partial charge is 0.360 e. The summed E-state index contributed by atoms with van der Waals surface area (Å²) in [5, 5.41) is 9.94. The first-order valence-electron chi connectivity index (χ1n) is 6.20. The van der Waals surface area contributed by atoms with E-state index < -0.39 is 17.7 Å². The number of carbonyl (C=O) groups excluding carboxylic acids is 1. The molecule has 122 valence electrons. The summed E-state index contributed by atoms with van der Waals surface area (Å²) in [7, 11) is 3.60. The van der Waals surface area contributed by atoms with Gasteiger partial charge in [-0.05, 0) is 12.1 Å². The van der Waals surface area contributed by atoms with Crippen LogP contribution in [0, 0.1) is 5.82 Å². The Labute approximate surface area is 135 Å². The Morgan fingerprint density at radius 2 is 1.83 bits per heavy atom. The molecule has 0 saturated heterocycles. The lowest BCUT2D eigenvalue weighted by Gasteiger charge is -2.11. The maximum Gasteiger partial charge on any atom is 0.360 e. The van der Waals surface area contributed by atoms with Crippen LogP contribution in [0.2, 0.25) is 5.02 Å². The maximum atomic E-state index is 14.4. The molecule has 0 unspecified atom stereocenters. The lowest BCUT2D eigenvalue weighted by Crippen LogP contribution is -2.09. The second-order valence-electron chi connectivity index (χ2n) is 4.19. The number of ether oxygens (including phenoxy) is 3. The van der Waals surface area contributed by atoms with Crippen LogP contribution in [0.4, 0.5) is 4.39 Å². The minimum Gasteiger partial charge on any atom is -0.492 e. The highest BCUT2D eigenvalue weighted by molar-refractivity contribution is 6.32. The number of methoxy groups -OCH3 is 3. The van der Waals surface area contributed by atoms with E-state index in [1.807, 2.05) is 0 Å². The molecule has 2 rings (SSSR count). The van der Waals surface area contributed by atoms with Gasteiger partial charge in [0.1, 0.15) is 0 Å². The molecule has 9 heteroatoms. The van der Waals surface area contributed by atoms with Gasteiger partial charge >= 0.3 is 5.97 Å². The molecular weight excluding hydrogens is 331 g/mol. The van der Waals surface area contributed by atoms with Gasteiger partial charge in [-0.3, -0.25) is 0 Å². The molecule has 0 spiro atoms. The van der Waals surface area contributed by atoms with Gasteiger partial charge in [0.25, 0.3) is 5.88 Å². The fourth-order valence-corrected chi connectivity index (χ4v) is 2.10. The van der Waals surface area contributed by atoms with Crippen molar-refractivity contribution < 1.29 is 28.5 Å². The van der Waals surface area contributed by atoms with Gasteiger partial charge in [-0.2, -0.15) is 4.98 Å². The number of esters is 1. The van der Waals surface area contributed by atoms with Crippen molar-refractivity contribution in [2.45, 2.75) is 0 Å². The minimum atomic E-state index is -0.873. The zero-order valence-corrected chi connectivity index (χ0v) is 13.1. The third-order valence-electron chi connectivity index (χ3n) is 2.92. The van der Waals surface area contributed by atoms with Gasteiger partial charge in [-0.25, -0.2) is 14.2 Å². The van der Waals surface area contributed by atoms with Crippen molar-refractivity contribution in [1.29, 1.82) is 0 Å². The number of rotatable bonds is 4. The van der Waals surface area contributed by atoms with E-state index >= 15 is 0 Å². The van der Waals surface area contributed by atoms with Crippen molar-refractivity contribution in [2.24, 2.45) is 0 Å². The molecule has 2 aromatic rings. The molecule has 0 fully saturated rings. The zero-order chi connectivity index (χ0) is 17.1. The molecule has 1 aromatic heterocycles. The second-order valence-corrected chi connectivity index (χ2v) is 4.59. The van der Waals surface area contributed by atoms with Crippen molar-refractivity contribution in [2.75, 3.05) is 21.3 Å². The monoisotopic (exact) mass is 342 g/mol. The molecule has 0 atom stereocenters. The van der Waals surface area contributed by atoms with E-state index in [0.717, 1.165) is 7.11 Å². The van der Waals surface area contributed by atoms with Crippen LogP contribution in [0.1, 0.15) is 10.5 Å². The number of hydrogen-bond donors (Lipinski definition) is 1. The number of halogens is 2. The molecular formula is C14H12ClFN2O5. The lowest BCUT2D eigenvalue weighted by atomic mass is 10.1. The topological polar surface area (TPSA) is 90.8 Å². The van der Waals surface area contributed by atoms with Crippen molar-refractivity contribution in [3.8, 4) is 28.8 Å². The SMILES string of the molecule is COC(=O)c1nc(-c2ccc(Cl)c(OC)c2F)nc(O)c1OC. The summed E-state index contributed by atoms with van der Waals surface area (Å²) in [6.45, 7) is 0.